The second-order valence-electron chi connectivity index (χ2n) is 11.2. The van der Waals surface area contributed by atoms with Crippen molar-refractivity contribution < 1.29 is 4.79 Å². The lowest BCUT2D eigenvalue weighted by Gasteiger charge is -2.35. The third kappa shape index (κ3) is 7.56. The van der Waals surface area contributed by atoms with Gasteiger partial charge >= 0.3 is 0 Å². The normalized spacial score (nSPS) is 20.6. The maximum Gasteiger partial charge on any atom is 0.216 e. The minimum absolute atomic E-state index is 0. The molecule has 2 unspecified atom stereocenters. The zero-order valence-electron chi connectivity index (χ0n) is 23.8. The van der Waals surface area contributed by atoms with Crippen molar-refractivity contribution in [3.8, 4) is 0 Å². The van der Waals surface area contributed by atoms with Gasteiger partial charge < -0.3 is 10.6 Å². The minimum atomic E-state index is 0. The highest BCUT2D eigenvalue weighted by Crippen LogP contribution is 2.42. The van der Waals surface area contributed by atoms with E-state index in [9.17, 15) is 4.79 Å². The summed E-state index contributed by atoms with van der Waals surface area (Å²) in [5.41, 5.74) is 9.68. The summed E-state index contributed by atoms with van der Waals surface area (Å²) in [5.74, 6) is 0.0761. The fourth-order valence-corrected chi connectivity index (χ4v) is 7.17. The number of hydrogen-bond acceptors (Lipinski definition) is 4. The summed E-state index contributed by atoms with van der Waals surface area (Å²) in [5, 5.41) is 6.31. The van der Waals surface area contributed by atoms with Crippen molar-refractivity contribution in [2.75, 3.05) is 45.8 Å². The molecule has 0 radical (unpaired) electrons. The van der Waals surface area contributed by atoms with E-state index in [1.54, 1.807) is 40.3 Å². The van der Waals surface area contributed by atoms with Crippen LogP contribution in [0.3, 0.4) is 0 Å². The first-order chi connectivity index (χ1) is 18.2. The van der Waals surface area contributed by atoms with Crippen LogP contribution in [0.25, 0.3) is 0 Å². The van der Waals surface area contributed by atoms with Gasteiger partial charge in [-0.2, -0.15) is 0 Å². The Labute approximate surface area is 248 Å². The maximum absolute atomic E-state index is 10.9. The highest BCUT2D eigenvalue weighted by atomic mass is 35.5. The first kappa shape index (κ1) is 31.9. The largest absolute Gasteiger partial charge is 0.356 e. The molecular formula is C32H48Cl2N4O. The summed E-state index contributed by atoms with van der Waals surface area (Å²) >= 11 is 0. The zero-order chi connectivity index (χ0) is 25.6. The number of hydrogen-bond donors (Lipinski definition) is 2. The number of nitrogens with one attached hydrogen (secondary N) is 2. The van der Waals surface area contributed by atoms with Gasteiger partial charge in [-0.05, 0) is 104 Å². The number of nitrogens with zero attached hydrogens (tertiary/aromatic N) is 2. The molecule has 5 nitrogen and oxygen atoms in total. The molecule has 2 N–H and O–H groups in total. The summed E-state index contributed by atoms with van der Waals surface area (Å²) in [4.78, 5) is 16.2. The minimum Gasteiger partial charge on any atom is -0.356 e. The van der Waals surface area contributed by atoms with Crippen molar-refractivity contribution in [2.45, 2.75) is 77.3 Å². The summed E-state index contributed by atoms with van der Waals surface area (Å²) in [7, 11) is 0. The number of carbonyl (C=O) groups is 1. The number of amides is 1. The molecular weight excluding hydrogens is 527 g/mol. The van der Waals surface area contributed by atoms with Gasteiger partial charge in [0.25, 0.3) is 0 Å². The molecule has 0 saturated carbocycles. The molecule has 0 spiro atoms. The Morgan fingerprint density at radius 3 is 1.69 bits per heavy atom. The second-order valence-corrected chi connectivity index (χ2v) is 11.2. The molecule has 0 fully saturated rings. The molecule has 2 aromatic rings. The van der Waals surface area contributed by atoms with Gasteiger partial charge in [0.05, 0.1) is 0 Å². The third-order valence-corrected chi connectivity index (χ3v) is 8.88. The van der Waals surface area contributed by atoms with E-state index in [-0.39, 0.29) is 30.7 Å². The molecule has 2 aliphatic carbocycles. The number of aryl methyl sites for hydroxylation is 2. The van der Waals surface area contributed by atoms with E-state index < -0.39 is 0 Å². The van der Waals surface area contributed by atoms with Gasteiger partial charge in [-0.15, -0.1) is 24.8 Å². The van der Waals surface area contributed by atoms with Crippen LogP contribution >= 0.6 is 24.8 Å². The SMILES string of the molecule is CC(=O)NCCCN1CCc2cccc3c2C1CC3.CCNCCCN1CCc2cccc3c2C1CC3.Cl.Cl. The van der Waals surface area contributed by atoms with E-state index in [4.69, 9.17) is 0 Å². The van der Waals surface area contributed by atoms with Crippen LogP contribution in [-0.2, 0) is 30.5 Å². The summed E-state index contributed by atoms with van der Waals surface area (Å²) < 4.78 is 0. The molecule has 2 aromatic carbocycles. The molecule has 1 amide bonds. The average Bonchev–Trinajstić information content (AvgIpc) is 3.55. The highest BCUT2D eigenvalue weighted by molar-refractivity contribution is 5.85. The topological polar surface area (TPSA) is 47.6 Å². The van der Waals surface area contributed by atoms with E-state index in [0.717, 1.165) is 38.6 Å². The molecule has 216 valence electrons. The lowest BCUT2D eigenvalue weighted by molar-refractivity contribution is -0.118. The second kappa shape index (κ2) is 15.4. The molecule has 6 rings (SSSR count). The number of rotatable bonds is 9. The van der Waals surface area contributed by atoms with E-state index in [2.05, 4.69) is 63.8 Å². The van der Waals surface area contributed by atoms with Gasteiger partial charge in [-0.1, -0.05) is 43.3 Å². The Morgan fingerprint density at radius 2 is 1.23 bits per heavy atom. The Kier molecular flexibility index (Phi) is 12.6. The molecule has 39 heavy (non-hydrogen) atoms. The van der Waals surface area contributed by atoms with Crippen LogP contribution in [0.4, 0.5) is 0 Å². The first-order valence-corrected chi connectivity index (χ1v) is 14.8. The Hall–Kier alpha value is -1.63. The van der Waals surface area contributed by atoms with Crippen LogP contribution < -0.4 is 10.6 Å². The quantitative estimate of drug-likeness (QED) is 0.392. The van der Waals surface area contributed by atoms with Gasteiger partial charge in [0, 0.05) is 45.2 Å². The van der Waals surface area contributed by atoms with Gasteiger partial charge in [0.1, 0.15) is 0 Å². The van der Waals surface area contributed by atoms with Crippen LogP contribution in [-0.4, -0.2) is 61.5 Å². The summed E-state index contributed by atoms with van der Waals surface area (Å²) in [6, 6.07) is 15.1. The van der Waals surface area contributed by atoms with Crippen LogP contribution in [0.15, 0.2) is 36.4 Å². The molecule has 2 atom stereocenters. The van der Waals surface area contributed by atoms with E-state index >= 15 is 0 Å². The zero-order valence-corrected chi connectivity index (χ0v) is 25.5. The lowest BCUT2D eigenvalue weighted by atomic mass is 9.93. The van der Waals surface area contributed by atoms with Gasteiger partial charge in [-0.25, -0.2) is 0 Å². The molecule has 0 saturated heterocycles. The van der Waals surface area contributed by atoms with Crippen molar-refractivity contribution in [3.63, 3.8) is 0 Å². The van der Waals surface area contributed by atoms with E-state index in [1.165, 1.54) is 64.6 Å². The summed E-state index contributed by atoms with van der Waals surface area (Å²) in [6.45, 7) is 11.6. The Balaban J connectivity index is 0.000000205. The number of halogens is 2. The molecule has 4 aliphatic rings. The van der Waals surface area contributed by atoms with Crippen molar-refractivity contribution in [3.05, 3.63) is 69.8 Å². The fourth-order valence-electron chi connectivity index (χ4n) is 7.17. The van der Waals surface area contributed by atoms with E-state index in [1.807, 2.05) is 0 Å². The predicted octanol–water partition coefficient (Wildman–Crippen LogP) is 5.43. The Morgan fingerprint density at radius 1 is 0.769 bits per heavy atom. The van der Waals surface area contributed by atoms with Gasteiger partial charge in [0.15, 0.2) is 0 Å². The standard InChI is InChI=1S/C16H22N2O.C16H24N2.2ClH/c1-12(19)17-9-3-10-18-11-8-14-5-2-4-13-6-7-15(18)16(13)14;1-2-17-10-4-11-18-12-9-14-6-3-5-13-7-8-15(18)16(13)14;;/h2,4-5,15H,3,6-11H2,1H3,(H,17,19);3,5-6,15,17H,2,4,7-12H2,1H3;2*1H. The van der Waals surface area contributed by atoms with Crippen LogP contribution in [0.1, 0.15) is 85.0 Å². The van der Waals surface area contributed by atoms with Crippen LogP contribution in [0, 0.1) is 0 Å². The van der Waals surface area contributed by atoms with Crippen molar-refractivity contribution in [1.82, 2.24) is 20.4 Å². The molecule has 0 bridgehead atoms. The maximum atomic E-state index is 10.9. The molecule has 2 heterocycles. The predicted molar refractivity (Wildman–Crippen MR) is 167 cm³/mol. The van der Waals surface area contributed by atoms with Crippen molar-refractivity contribution >= 4 is 30.7 Å². The molecule has 7 heteroatoms. The lowest BCUT2D eigenvalue weighted by Crippen LogP contribution is -2.36. The van der Waals surface area contributed by atoms with Crippen LogP contribution in [0.5, 0.6) is 0 Å². The summed E-state index contributed by atoms with van der Waals surface area (Å²) in [6.07, 6.45) is 9.89. The molecule has 2 aliphatic heterocycles. The van der Waals surface area contributed by atoms with E-state index in [0.29, 0.717) is 6.04 Å². The monoisotopic (exact) mass is 574 g/mol. The Bertz CT molecular complexity index is 1080. The van der Waals surface area contributed by atoms with Crippen molar-refractivity contribution in [2.24, 2.45) is 0 Å². The number of carbonyl (C=O) groups excluding carboxylic acids is 1. The van der Waals surface area contributed by atoms with Crippen molar-refractivity contribution in [1.29, 1.82) is 0 Å². The smallest absolute Gasteiger partial charge is 0.216 e. The highest BCUT2D eigenvalue weighted by Gasteiger charge is 2.33. The fraction of sp³-hybridized carbons (Fsp3) is 0.594. The third-order valence-electron chi connectivity index (χ3n) is 8.88. The van der Waals surface area contributed by atoms with Crippen LogP contribution in [0.2, 0.25) is 0 Å². The number of benzene rings is 2. The van der Waals surface area contributed by atoms with Gasteiger partial charge in [0.2, 0.25) is 5.91 Å². The van der Waals surface area contributed by atoms with Gasteiger partial charge in [-0.3, -0.25) is 14.6 Å². The molecule has 0 aromatic heterocycles. The first-order valence-electron chi connectivity index (χ1n) is 14.8. The average molecular weight is 576 g/mol.